The highest BCUT2D eigenvalue weighted by Gasteiger charge is 2.38. The van der Waals surface area contributed by atoms with Crippen LogP contribution in [0.25, 0.3) is 5.57 Å². The maximum Gasteiger partial charge on any atom is 0.417 e. The van der Waals surface area contributed by atoms with Crippen molar-refractivity contribution in [1.82, 2.24) is 0 Å². The van der Waals surface area contributed by atoms with E-state index in [0.29, 0.717) is 0 Å². The molecule has 0 aliphatic carbocycles. The number of hydrogen-bond acceptors (Lipinski definition) is 3. The van der Waals surface area contributed by atoms with E-state index in [1.54, 1.807) is 6.07 Å². The first-order chi connectivity index (χ1) is 11.7. The summed E-state index contributed by atoms with van der Waals surface area (Å²) in [5.41, 5.74) is -2.31. The zero-order valence-electron chi connectivity index (χ0n) is 13.0. The van der Waals surface area contributed by atoms with Crippen LogP contribution >= 0.6 is 0 Å². The third kappa shape index (κ3) is 4.26. The van der Waals surface area contributed by atoms with Crippen LogP contribution in [-0.4, -0.2) is 23.2 Å². The molecule has 0 radical (unpaired) electrons. The minimum Gasteiger partial charge on any atom is -0.478 e. The number of ether oxygens (including phenoxy) is 1. The molecule has 0 amide bonds. The summed E-state index contributed by atoms with van der Waals surface area (Å²) in [7, 11) is 0. The quantitative estimate of drug-likeness (QED) is 0.507. The lowest BCUT2D eigenvalue weighted by Crippen LogP contribution is -2.19. The van der Waals surface area contributed by atoms with Crippen molar-refractivity contribution in [2.24, 2.45) is 0 Å². The van der Waals surface area contributed by atoms with Crippen LogP contribution in [0.15, 0.2) is 60.2 Å². The number of alkyl halides is 3. The Kier molecular flexibility index (Phi) is 5.26. The van der Waals surface area contributed by atoms with Gasteiger partial charge in [-0.25, -0.2) is 9.59 Å². The second kappa shape index (κ2) is 7.21. The molecule has 130 valence electrons. The number of carbonyl (C=O) groups excluding carboxylic acids is 1. The molecule has 4 nitrogen and oxygen atoms in total. The molecule has 25 heavy (non-hydrogen) atoms. The van der Waals surface area contributed by atoms with Crippen molar-refractivity contribution in [2.45, 2.75) is 13.1 Å². The largest absolute Gasteiger partial charge is 0.478 e. The predicted molar refractivity (Wildman–Crippen MR) is 84.1 cm³/mol. The summed E-state index contributed by atoms with van der Waals surface area (Å²) >= 11 is 0. The van der Waals surface area contributed by atoms with E-state index >= 15 is 0 Å². The highest BCUT2D eigenvalue weighted by molar-refractivity contribution is 6.00. The number of benzene rings is 2. The van der Waals surface area contributed by atoms with E-state index < -0.39 is 29.3 Å². The van der Waals surface area contributed by atoms with Crippen LogP contribution in [0.1, 0.15) is 22.8 Å². The van der Waals surface area contributed by atoms with E-state index in [4.69, 9.17) is 9.84 Å². The molecule has 2 aromatic rings. The Bertz CT molecular complexity index is 824. The zero-order valence-corrected chi connectivity index (χ0v) is 13.0. The maximum absolute atomic E-state index is 13.4. The van der Waals surface area contributed by atoms with Crippen LogP contribution in [0.3, 0.4) is 0 Å². The van der Waals surface area contributed by atoms with Crippen molar-refractivity contribution in [3.8, 4) is 5.75 Å². The van der Waals surface area contributed by atoms with Gasteiger partial charge in [0, 0.05) is 5.57 Å². The van der Waals surface area contributed by atoms with Gasteiger partial charge in [0.2, 0.25) is 0 Å². The molecule has 0 saturated carbocycles. The molecule has 0 aliphatic rings. The summed E-state index contributed by atoms with van der Waals surface area (Å²) in [6.07, 6.45) is -4.78. The fourth-order valence-electron chi connectivity index (χ4n) is 2.21. The van der Waals surface area contributed by atoms with E-state index in [1.165, 1.54) is 48.5 Å². The van der Waals surface area contributed by atoms with Crippen LogP contribution in [-0.2, 0) is 4.79 Å². The molecule has 2 rings (SSSR count). The van der Waals surface area contributed by atoms with E-state index in [-0.39, 0.29) is 16.9 Å². The minimum absolute atomic E-state index is 0.184. The molecule has 0 heterocycles. The molecule has 1 N–H and O–H groups in total. The number of carboxylic acid groups (broad SMARTS) is 1. The molecule has 7 heteroatoms. The van der Waals surface area contributed by atoms with Gasteiger partial charge in [-0.3, -0.25) is 0 Å². The van der Waals surface area contributed by atoms with E-state index in [1.807, 2.05) is 0 Å². The monoisotopic (exact) mass is 350 g/mol. The smallest absolute Gasteiger partial charge is 0.417 e. The number of hydrogen-bond donors (Lipinski definition) is 1. The lowest BCUT2D eigenvalue weighted by molar-refractivity contribution is -0.130. The number of allylic oxidation sites excluding steroid dienone is 1. The summed E-state index contributed by atoms with van der Waals surface area (Å²) in [4.78, 5) is 23.3. The summed E-state index contributed by atoms with van der Waals surface area (Å²) < 4.78 is 45.1. The molecule has 0 bridgehead atoms. The van der Waals surface area contributed by atoms with E-state index in [2.05, 4.69) is 0 Å². The van der Waals surface area contributed by atoms with Gasteiger partial charge in [0.15, 0.2) is 0 Å². The van der Waals surface area contributed by atoms with E-state index in [9.17, 15) is 22.8 Å². The number of carboxylic acids is 1. The molecule has 2 aromatic carbocycles. The number of esters is 1. The van der Waals surface area contributed by atoms with Crippen LogP contribution in [0, 0.1) is 0 Å². The van der Waals surface area contributed by atoms with Crippen molar-refractivity contribution < 1.29 is 32.6 Å². The Morgan fingerprint density at radius 3 is 2.08 bits per heavy atom. The van der Waals surface area contributed by atoms with Gasteiger partial charge in [0.25, 0.3) is 0 Å². The fraction of sp³-hybridized carbons (Fsp3) is 0.111. The molecule has 0 fully saturated rings. The zero-order chi connectivity index (χ0) is 18.6. The maximum atomic E-state index is 13.4. The predicted octanol–water partition coefficient (Wildman–Crippen LogP) is 4.33. The Morgan fingerprint density at radius 1 is 0.960 bits per heavy atom. The second-order valence-electron chi connectivity index (χ2n) is 5.05. The van der Waals surface area contributed by atoms with Gasteiger partial charge in [-0.05, 0) is 24.6 Å². The van der Waals surface area contributed by atoms with Crippen molar-refractivity contribution in [1.29, 1.82) is 0 Å². The first-order valence-corrected chi connectivity index (χ1v) is 7.10. The average molecular weight is 350 g/mol. The highest BCUT2D eigenvalue weighted by atomic mass is 19.4. The highest BCUT2D eigenvalue weighted by Crippen LogP contribution is 2.36. The Labute approximate surface area is 141 Å². The first-order valence-electron chi connectivity index (χ1n) is 7.10. The number of aromatic carboxylic acids is 1. The van der Waals surface area contributed by atoms with Gasteiger partial charge in [-0.1, -0.05) is 42.5 Å². The normalized spacial score (nSPS) is 12.3. The number of halogens is 3. The number of rotatable bonds is 4. The van der Waals surface area contributed by atoms with Crippen LogP contribution in [0.2, 0.25) is 0 Å². The Hall–Kier alpha value is -3.09. The lowest BCUT2D eigenvalue weighted by atomic mass is 10.0. The summed E-state index contributed by atoms with van der Waals surface area (Å²) in [5.74, 6) is -2.96. The van der Waals surface area contributed by atoms with Gasteiger partial charge >= 0.3 is 18.1 Å². The van der Waals surface area contributed by atoms with Gasteiger partial charge < -0.3 is 9.84 Å². The summed E-state index contributed by atoms with van der Waals surface area (Å²) in [6, 6.07) is 12.0. The van der Waals surface area contributed by atoms with Gasteiger partial charge in [0.1, 0.15) is 11.3 Å². The molecule has 0 aliphatic heterocycles. The summed E-state index contributed by atoms with van der Waals surface area (Å²) in [6.45, 7) is 0.988. The lowest BCUT2D eigenvalue weighted by Gasteiger charge is -2.16. The molecule has 0 atom stereocenters. The molecule has 0 unspecified atom stereocenters. The SMILES string of the molecule is CC(C(=O)Oc1ccccc1C(=O)O)=C(c1ccccc1)C(F)(F)F. The average Bonchev–Trinajstić information content (AvgIpc) is 2.55. The third-order valence-electron chi connectivity index (χ3n) is 3.35. The topological polar surface area (TPSA) is 63.6 Å². The summed E-state index contributed by atoms with van der Waals surface area (Å²) in [5, 5.41) is 9.05. The van der Waals surface area contributed by atoms with Gasteiger partial charge in [-0.2, -0.15) is 13.2 Å². The van der Waals surface area contributed by atoms with Crippen LogP contribution < -0.4 is 4.74 Å². The molecule has 0 saturated heterocycles. The van der Waals surface area contributed by atoms with Gasteiger partial charge in [-0.15, -0.1) is 0 Å². The number of carbonyl (C=O) groups is 2. The molecular formula is C18H13F3O4. The van der Waals surface area contributed by atoms with Crippen LogP contribution in [0.5, 0.6) is 5.75 Å². The number of para-hydroxylation sites is 1. The fourth-order valence-corrected chi connectivity index (χ4v) is 2.21. The van der Waals surface area contributed by atoms with Crippen molar-refractivity contribution in [3.63, 3.8) is 0 Å². The Morgan fingerprint density at radius 2 is 1.52 bits per heavy atom. The second-order valence-corrected chi connectivity index (χ2v) is 5.05. The van der Waals surface area contributed by atoms with Gasteiger partial charge in [0.05, 0.1) is 5.57 Å². The van der Waals surface area contributed by atoms with Crippen molar-refractivity contribution in [2.75, 3.05) is 0 Å². The molecule has 0 aromatic heterocycles. The van der Waals surface area contributed by atoms with E-state index in [0.717, 1.165) is 6.92 Å². The van der Waals surface area contributed by atoms with Crippen molar-refractivity contribution in [3.05, 3.63) is 71.3 Å². The standard InChI is InChI=1S/C18H13F3O4/c1-11(15(18(19,20)21)12-7-3-2-4-8-12)17(24)25-14-10-6-5-9-13(14)16(22)23/h2-10H,1H3,(H,22,23). The molecule has 0 spiro atoms. The third-order valence-corrected chi connectivity index (χ3v) is 3.35. The van der Waals surface area contributed by atoms with Crippen molar-refractivity contribution >= 4 is 17.5 Å². The van der Waals surface area contributed by atoms with Crippen LogP contribution in [0.4, 0.5) is 13.2 Å². The first kappa shape index (κ1) is 18.3. The molecular weight excluding hydrogens is 337 g/mol. The Balaban J connectivity index is 2.46. The minimum atomic E-state index is -4.78.